The number of hydrogen-bond acceptors (Lipinski definition) is 3. The Morgan fingerprint density at radius 3 is 2.47 bits per heavy atom. The molecular formula is C24H22F3N3O2. The fourth-order valence-electron chi connectivity index (χ4n) is 4.79. The van der Waals surface area contributed by atoms with Gasteiger partial charge in [0, 0.05) is 49.5 Å². The first-order valence-electron chi connectivity index (χ1n) is 10.6. The molecule has 5 rings (SSSR count). The number of pyridine rings is 1. The number of nitrogens with zero attached hydrogens (tertiary/aromatic N) is 3. The van der Waals surface area contributed by atoms with E-state index in [-0.39, 0.29) is 22.9 Å². The van der Waals surface area contributed by atoms with Gasteiger partial charge >= 0.3 is 6.18 Å². The summed E-state index contributed by atoms with van der Waals surface area (Å²) >= 11 is 0. The van der Waals surface area contributed by atoms with Crippen molar-refractivity contribution >= 4 is 22.5 Å². The lowest BCUT2D eigenvalue weighted by atomic mass is 10.1. The van der Waals surface area contributed by atoms with E-state index >= 15 is 0 Å². The van der Waals surface area contributed by atoms with Crippen LogP contribution in [0.15, 0.2) is 53.5 Å². The maximum Gasteiger partial charge on any atom is 0.416 e. The minimum absolute atomic E-state index is 0.149. The van der Waals surface area contributed by atoms with Crippen molar-refractivity contribution in [3.8, 4) is 0 Å². The highest BCUT2D eigenvalue weighted by Crippen LogP contribution is 2.33. The van der Waals surface area contributed by atoms with Gasteiger partial charge in [-0.15, -0.1) is 0 Å². The summed E-state index contributed by atoms with van der Waals surface area (Å²) in [6.07, 6.45) is -1.90. The zero-order valence-electron chi connectivity index (χ0n) is 17.5. The van der Waals surface area contributed by atoms with Crippen LogP contribution in [0.4, 0.5) is 18.9 Å². The Balaban J connectivity index is 1.38. The third kappa shape index (κ3) is 3.34. The maximum absolute atomic E-state index is 13.2. The molecule has 1 fully saturated rings. The average molecular weight is 441 g/mol. The number of amides is 1. The Hall–Kier alpha value is -3.29. The van der Waals surface area contributed by atoms with E-state index in [0.29, 0.717) is 37.3 Å². The van der Waals surface area contributed by atoms with Crippen molar-refractivity contribution in [3.63, 3.8) is 0 Å². The second-order valence-electron chi connectivity index (χ2n) is 8.47. The molecule has 32 heavy (non-hydrogen) atoms. The lowest BCUT2D eigenvalue weighted by Gasteiger charge is -2.36. The Morgan fingerprint density at radius 2 is 1.75 bits per heavy atom. The monoisotopic (exact) mass is 441 g/mol. The van der Waals surface area contributed by atoms with E-state index in [1.807, 2.05) is 21.6 Å². The number of para-hydroxylation sites is 1. The lowest BCUT2D eigenvalue weighted by Crippen LogP contribution is -2.49. The molecule has 1 amide bonds. The lowest BCUT2D eigenvalue weighted by molar-refractivity contribution is -0.137. The average Bonchev–Trinajstić information content (AvgIpc) is 3.11. The van der Waals surface area contributed by atoms with Gasteiger partial charge in [-0.1, -0.05) is 18.2 Å². The predicted molar refractivity (Wildman–Crippen MR) is 116 cm³/mol. The van der Waals surface area contributed by atoms with Crippen LogP contribution in [0, 0.1) is 0 Å². The van der Waals surface area contributed by atoms with Crippen LogP contribution >= 0.6 is 0 Å². The van der Waals surface area contributed by atoms with Crippen LogP contribution in [0.5, 0.6) is 0 Å². The summed E-state index contributed by atoms with van der Waals surface area (Å²) in [5.41, 5.74) is 1.68. The summed E-state index contributed by atoms with van der Waals surface area (Å²) in [5, 5.41) is 0.556. The molecule has 0 bridgehead atoms. The van der Waals surface area contributed by atoms with Crippen LogP contribution in [0.1, 0.15) is 34.5 Å². The van der Waals surface area contributed by atoms with E-state index in [1.54, 1.807) is 23.2 Å². The fourth-order valence-corrected chi connectivity index (χ4v) is 4.79. The van der Waals surface area contributed by atoms with Gasteiger partial charge in [0.15, 0.2) is 0 Å². The molecule has 2 aliphatic rings. The highest BCUT2D eigenvalue weighted by atomic mass is 19.4. The van der Waals surface area contributed by atoms with Gasteiger partial charge < -0.3 is 14.4 Å². The van der Waals surface area contributed by atoms with Crippen molar-refractivity contribution in [3.05, 3.63) is 75.6 Å². The van der Waals surface area contributed by atoms with Crippen molar-refractivity contribution in [1.82, 2.24) is 9.47 Å². The molecule has 166 valence electrons. The van der Waals surface area contributed by atoms with E-state index < -0.39 is 11.7 Å². The Labute approximate surface area is 182 Å². The minimum Gasteiger partial charge on any atom is -0.368 e. The highest BCUT2D eigenvalue weighted by Gasteiger charge is 2.32. The van der Waals surface area contributed by atoms with Crippen LogP contribution in [-0.2, 0) is 12.6 Å². The van der Waals surface area contributed by atoms with Crippen molar-refractivity contribution in [1.29, 1.82) is 0 Å². The SMILES string of the molecule is C[C@H]1Cc2cccc3c(=O)c(C(=O)N4CCN(c5cccc(C(F)(F)F)c5)CC4)cn1c23. The van der Waals surface area contributed by atoms with Gasteiger partial charge in [0.25, 0.3) is 5.91 Å². The number of alkyl halides is 3. The van der Waals surface area contributed by atoms with E-state index in [2.05, 4.69) is 6.92 Å². The molecule has 0 unspecified atom stereocenters. The molecule has 0 radical (unpaired) electrons. The van der Waals surface area contributed by atoms with E-state index in [9.17, 15) is 22.8 Å². The number of halogens is 3. The van der Waals surface area contributed by atoms with Crippen LogP contribution in [0.25, 0.3) is 10.9 Å². The summed E-state index contributed by atoms with van der Waals surface area (Å²) in [5.74, 6) is -0.325. The number of rotatable bonds is 2. The molecule has 0 saturated carbocycles. The van der Waals surface area contributed by atoms with Crippen molar-refractivity contribution in [2.24, 2.45) is 0 Å². The summed E-state index contributed by atoms with van der Waals surface area (Å²) in [6, 6.07) is 11.0. The van der Waals surface area contributed by atoms with Crippen LogP contribution in [-0.4, -0.2) is 41.6 Å². The number of aromatic nitrogens is 1. The summed E-state index contributed by atoms with van der Waals surface area (Å²) < 4.78 is 41.1. The molecule has 3 heterocycles. The Kier molecular flexibility index (Phi) is 4.76. The normalized spacial score (nSPS) is 18.4. The molecule has 0 aliphatic carbocycles. The van der Waals surface area contributed by atoms with Crippen LogP contribution < -0.4 is 10.3 Å². The van der Waals surface area contributed by atoms with E-state index in [4.69, 9.17) is 0 Å². The molecule has 1 atom stereocenters. The maximum atomic E-state index is 13.2. The Morgan fingerprint density at radius 1 is 1.03 bits per heavy atom. The highest BCUT2D eigenvalue weighted by molar-refractivity contribution is 5.98. The number of piperazine rings is 1. The topological polar surface area (TPSA) is 45.6 Å². The largest absolute Gasteiger partial charge is 0.416 e. The second kappa shape index (κ2) is 7.39. The molecule has 1 saturated heterocycles. The molecular weight excluding hydrogens is 419 g/mol. The van der Waals surface area contributed by atoms with E-state index in [0.717, 1.165) is 29.6 Å². The molecule has 3 aromatic rings. The zero-order valence-corrected chi connectivity index (χ0v) is 17.5. The number of anilines is 1. The van der Waals surface area contributed by atoms with Gasteiger partial charge in [-0.2, -0.15) is 13.2 Å². The molecule has 2 aliphatic heterocycles. The van der Waals surface area contributed by atoms with Gasteiger partial charge in [0.2, 0.25) is 5.43 Å². The number of hydrogen-bond donors (Lipinski definition) is 0. The summed E-state index contributed by atoms with van der Waals surface area (Å²) in [7, 11) is 0. The van der Waals surface area contributed by atoms with Crippen molar-refractivity contribution in [2.75, 3.05) is 31.1 Å². The van der Waals surface area contributed by atoms with Crippen molar-refractivity contribution < 1.29 is 18.0 Å². The van der Waals surface area contributed by atoms with Crippen LogP contribution in [0.2, 0.25) is 0 Å². The predicted octanol–water partition coefficient (Wildman–Crippen LogP) is 4.10. The van der Waals surface area contributed by atoms with Gasteiger partial charge in [0.1, 0.15) is 5.56 Å². The molecule has 5 nitrogen and oxygen atoms in total. The number of carbonyl (C=O) groups is 1. The Bertz CT molecular complexity index is 1270. The minimum atomic E-state index is -4.40. The standard InChI is InChI=1S/C24H22F3N3O2/c1-15-12-16-4-2-7-19-21(16)30(15)14-20(22(19)31)23(32)29-10-8-28(9-11-29)18-6-3-5-17(13-18)24(25,26)27/h2-7,13-15H,8-12H2,1H3/t15-/m0/s1. The first-order valence-corrected chi connectivity index (χ1v) is 10.6. The third-order valence-corrected chi connectivity index (χ3v) is 6.46. The van der Waals surface area contributed by atoms with Crippen molar-refractivity contribution in [2.45, 2.75) is 25.6 Å². The second-order valence-corrected chi connectivity index (χ2v) is 8.47. The summed E-state index contributed by atoms with van der Waals surface area (Å²) in [6.45, 7) is 3.53. The van der Waals surface area contributed by atoms with Gasteiger partial charge in [0.05, 0.1) is 11.1 Å². The molecule has 1 aromatic heterocycles. The summed E-state index contributed by atoms with van der Waals surface area (Å²) in [4.78, 5) is 29.8. The molecule has 8 heteroatoms. The number of carbonyl (C=O) groups excluding carboxylic acids is 1. The zero-order chi connectivity index (χ0) is 22.6. The number of benzene rings is 2. The molecule has 2 aromatic carbocycles. The third-order valence-electron chi connectivity index (χ3n) is 6.46. The van der Waals surface area contributed by atoms with Gasteiger partial charge in [-0.05, 0) is 43.2 Å². The first kappa shape index (κ1) is 20.6. The quantitative estimate of drug-likeness (QED) is 0.602. The smallest absolute Gasteiger partial charge is 0.368 e. The molecule has 0 spiro atoms. The van der Waals surface area contributed by atoms with Crippen LogP contribution in [0.3, 0.4) is 0 Å². The fraction of sp³-hybridized carbons (Fsp3) is 0.333. The van der Waals surface area contributed by atoms with E-state index in [1.165, 1.54) is 6.07 Å². The van der Waals surface area contributed by atoms with Gasteiger partial charge in [-0.25, -0.2) is 0 Å². The molecule has 0 N–H and O–H groups in total. The van der Waals surface area contributed by atoms with Gasteiger partial charge in [-0.3, -0.25) is 9.59 Å². The first-order chi connectivity index (χ1) is 15.2.